The molecular weight excluding hydrogens is 415 g/mol. The maximum atomic E-state index is 13.7. The van der Waals surface area contributed by atoms with E-state index < -0.39 is 23.7 Å². The molecule has 0 spiro atoms. The second-order valence-electron chi connectivity index (χ2n) is 7.00. The Balaban J connectivity index is 1.53. The van der Waals surface area contributed by atoms with Crippen LogP contribution in [0.4, 0.5) is 4.39 Å². The molecule has 0 radical (unpaired) electrons. The Kier molecular flexibility index (Phi) is 5.80. The third kappa shape index (κ3) is 4.27. The van der Waals surface area contributed by atoms with Crippen molar-refractivity contribution in [2.24, 2.45) is 0 Å². The first-order valence-electron chi connectivity index (χ1n) is 9.78. The highest BCUT2D eigenvalue weighted by molar-refractivity contribution is 6.07. The van der Waals surface area contributed by atoms with Crippen molar-refractivity contribution in [2.45, 2.75) is 20.0 Å². The molecule has 162 valence electrons. The van der Waals surface area contributed by atoms with Crippen molar-refractivity contribution in [2.75, 3.05) is 0 Å². The fourth-order valence-corrected chi connectivity index (χ4v) is 3.10. The topological polar surface area (TPSA) is 106 Å². The number of ether oxygens (including phenoxy) is 1. The lowest BCUT2D eigenvalue weighted by Gasteiger charge is -2.15. The van der Waals surface area contributed by atoms with Crippen molar-refractivity contribution in [1.29, 1.82) is 0 Å². The number of fused-ring (bicyclic) bond motifs is 1. The number of amides is 2. The smallest absolute Gasteiger partial charge is 0.279 e. The van der Waals surface area contributed by atoms with Crippen LogP contribution in [0.15, 0.2) is 65.2 Å². The molecule has 0 saturated heterocycles. The van der Waals surface area contributed by atoms with E-state index in [0.717, 1.165) is 5.56 Å². The van der Waals surface area contributed by atoms with Crippen molar-refractivity contribution in [3.63, 3.8) is 0 Å². The Hall–Kier alpha value is -4.27. The van der Waals surface area contributed by atoms with E-state index in [-0.39, 0.29) is 17.0 Å². The van der Waals surface area contributed by atoms with Crippen molar-refractivity contribution >= 4 is 22.9 Å². The van der Waals surface area contributed by atoms with Gasteiger partial charge in [0.25, 0.3) is 17.5 Å². The van der Waals surface area contributed by atoms with Gasteiger partial charge in [0.05, 0.1) is 22.3 Å². The number of carbonyl (C=O) groups excluding carboxylic acids is 2. The Bertz CT molecular complexity index is 1290. The van der Waals surface area contributed by atoms with Gasteiger partial charge in [-0.25, -0.2) is 9.37 Å². The van der Waals surface area contributed by atoms with Gasteiger partial charge in [0.15, 0.2) is 17.7 Å². The highest BCUT2D eigenvalue weighted by Gasteiger charge is 2.21. The van der Waals surface area contributed by atoms with Gasteiger partial charge >= 0.3 is 0 Å². The first-order chi connectivity index (χ1) is 15.4. The van der Waals surface area contributed by atoms with Crippen LogP contribution < -0.4 is 15.6 Å². The maximum Gasteiger partial charge on any atom is 0.279 e. The minimum Gasteiger partial charge on any atom is -0.478 e. The Morgan fingerprint density at radius 2 is 1.78 bits per heavy atom. The molecule has 1 atom stereocenters. The molecule has 9 heteroatoms. The summed E-state index contributed by atoms with van der Waals surface area (Å²) in [5.74, 6) is -1.90. The number of aryl methyl sites for hydroxylation is 1. The monoisotopic (exact) mass is 434 g/mol. The molecular formula is C23H19FN4O4. The van der Waals surface area contributed by atoms with Gasteiger partial charge in [-0.05, 0) is 32.0 Å². The molecule has 4 rings (SSSR count). The summed E-state index contributed by atoms with van der Waals surface area (Å²) in [6.45, 7) is 3.13. The Labute approximate surface area is 182 Å². The quantitative estimate of drug-likeness (QED) is 0.465. The van der Waals surface area contributed by atoms with Crippen molar-refractivity contribution in [3.8, 4) is 17.0 Å². The van der Waals surface area contributed by atoms with Gasteiger partial charge in [0.2, 0.25) is 0 Å². The average Bonchev–Trinajstić information content (AvgIpc) is 3.19. The normalized spacial score (nSPS) is 11.7. The molecule has 2 amide bonds. The number of para-hydroxylation sites is 1. The Morgan fingerprint density at radius 1 is 1.06 bits per heavy atom. The molecule has 32 heavy (non-hydrogen) atoms. The van der Waals surface area contributed by atoms with Crippen LogP contribution in [0.2, 0.25) is 0 Å². The van der Waals surface area contributed by atoms with E-state index in [0.29, 0.717) is 16.8 Å². The largest absolute Gasteiger partial charge is 0.478 e. The fourth-order valence-electron chi connectivity index (χ4n) is 3.10. The average molecular weight is 434 g/mol. The highest BCUT2D eigenvalue weighted by atomic mass is 19.1. The van der Waals surface area contributed by atoms with Crippen LogP contribution in [-0.2, 0) is 4.79 Å². The molecule has 0 aliphatic heterocycles. The van der Waals surface area contributed by atoms with Crippen molar-refractivity contribution < 1.29 is 23.2 Å². The standard InChI is InChI=1S/C23H19FN4O4/c1-13-20-16(12-18(25-23(20)32-28-13)15-8-4-3-5-9-15)22(30)27-26-21(29)14(2)31-19-11-7-6-10-17(19)24/h3-12,14H,1-2H3,(H,26,29)(H,27,30). The second-order valence-corrected chi connectivity index (χ2v) is 7.00. The molecule has 0 aliphatic carbocycles. The maximum absolute atomic E-state index is 13.7. The number of rotatable bonds is 5. The van der Waals surface area contributed by atoms with E-state index in [4.69, 9.17) is 9.26 Å². The van der Waals surface area contributed by atoms with Gasteiger partial charge in [-0.15, -0.1) is 0 Å². The van der Waals surface area contributed by atoms with Crippen molar-refractivity contribution in [1.82, 2.24) is 21.0 Å². The number of nitrogens with one attached hydrogen (secondary N) is 2. The number of hydrogen-bond acceptors (Lipinski definition) is 6. The summed E-state index contributed by atoms with van der Waals surface area (Å²) < 4.78 is 24.3. The van der Waals surface area contributed by atoms with Gasteiger partial charge in [-0.1, -0.05) is 47.6 Å². The summed E-state index contributed by atoms with van der Waals surface area (Å²) >= 11 is 0. The highest BCUT2D eigenvalue weighted by Crippen LogP contribution is 2.26. The van der Waals surface area contributed by atoms with E-state index >= 15 is 0 Å². The first-order valence-corrected chi connectivity index (χ1v) is 9.78. The molecule has 1 unspecified atom stereocenters. The van der Waals surface area contributed by atoms with Gasteiger partial charge in [-0.2, -0.15) is 0 Å². The zero-order chi connectivity index (χ0) is 22.7. The molecule has 0 aliphatic rings. The summed E-state index contributed by atoms with van der Waals surface area (Å²) in [6.07, 6.45) is -1.05. The predicted octanol–water partition coefficient (Wildman–Crippen LogP) is 3.57. The Morgan fingerprint density at radius 3 is 2.53 bits per heavy atom. The number of pyridine rings is 1. The summed E-state index contributed by atoms with van der Waals surface area (Å²) in [5.41, 5.74) is 6.88. The minimum absolute atomic E-state index is 0.0649. The van der Waals surface area contributed by atoms with Crippen LogP contribution in [0.5, 0.6) is 5.75 Å². The van der Waals surface area contributed by atoms with E-state index in [2.05, 4.69) is 21.0 Å². The first kappa shape index (κ1) is 21.0. The van der Waals surface area contributed by atoms with E-state index in [1.54, 1.807) is 19.1 Å². The van der Waals surface area contributed by atoms with Crippen LogP contribution in [0, 0.1) is 12.7 Å². The lowest BCUT2D eigenvalue weighted by Crippen LogP contribution is -2.47. The number of aromatic nitrogens is 2. The lowest BCUT2D eigenvalue weighted by molar-refractivity contribution is -0.128. The second kappa shape index (κ2) is 8.84. The number of nitrogens with zero attached hydrogens (tertiary/aromatic N) is 2. The molecule has 8 nitrogen and oxygen atoms in total. The fraction of sp³-hybridized carbons (Fsp3) is 0.130. The summed E-state index contributed by atoms with van der Waals surface area (Å²) in [4.78, 5) is 29.7. The lowest BCUT2D eigenvalue weighted by atomic mass is 10.1. The third-order valence-corrected chi connectivity index (χ3v) is 4.74. The third-order valence-electron chi connectivity index (χ3n) is 4.74. The zero-order valence-corrected chi connectivity index (χ0v) is 17.3. The number of benzene rings is 2. The van der Waals surface area contributed by atoms with E-state index in [1.807, 2.05) is 30.3 Å². The molecule has 2 N–H and O–H groups in total. The molecule has 0 fully saturated rings. The number of hydrogen-bond donors (Lipinski definition) is 2. The van der Waals surface area contributed by atoms with Crippen LogP contribution in [0.1, 0.15) is 23.0 Å². The van der Waals surface area contributed by atoms with Crippen LogP contribution in [0.3, 0.4) is 0 Å². The molecule has 0 saturated carbocycles. The van der Waals surface area contributed by atoms with E-state index in [1.165, 1.54) is 25.1 Å². The molecule has 0 bridgehead atoms. The summed E-state index contributed by atoms with van der Waals surface area (Å²) in [5, 5.41) is 4.33. The van der Waals surface area contributed by atoms with Gasteiger partial charge in [-0.3, -0.25) is 20.4 Å². The number of carbonyl (C=O) groups is 2. The molecule has 2 heterocycles. The zero-order valence-electron chi connectivity index (χ0n) is 17.3. The minimum atomic E-state index is -1.05. The molecule has 2 aromatic carbocycles. The van der Waals surface area contributed by atoms with Crippen molar-refractivity contribution in [3.05, 3.63) is 77.7 Å². The number of halogens is 1. The van der Waals surface area contributed by atoms with Gasteiger partial charge in [0.1, 0.15) is 0 Å². The SMILES string of the molecule is Cc1noc2nc(-c3ccccc3)cc(C(=O)NNC(=O)C(C)Oc3ccccc3F)c12. The van der Waals surface area contributed by atoms with Gasteiger partial charge < -0.3 is 9.26 Å². The predicted molar refractivity (Wildman–Crippen MR) is 114 cm³/mol. The van der Waals surface area contributed by atoms with Crippen LogP contribution in [-0.4, -0.2) is 28.1 Å². The van der Waals surface area contributed by atoms with Crippen LogP contribution in [0.25, 0.3) is 22.4 Å². The summed E-state index contributed by atoms with van der Waals surface area (Å²) in [7, 11) is 0. The molecule has 4 aromatic rings. The van der Waals surface area contributed by atoms with Gasteiger partial charge in [0, 0.05) is 5.56 Å². The van der Waals surface area contributed by atoms with Crippen LogP contribution >= 0.6 is 0 Å². The summed E-state index contributed by atoms with van der Waals surface area (Å²) in [6, 6.07) is 16.6. The number of hydrazine groups is 1. The van der Waals surface area contributed by atoms with E-state index in [9.17, 15) is 14.0 Å². The molecule has 2 aromatic heterocycles.